The summed E-state index contributed by atoms with van der Waals surface area (Å²) in [5.41, 5.74) is 0.971. The summed E-state index contributed by atoms with van der Waals surface area (Å²) >= 11 is 5.61. The minimum absolute atomic E-state index is 0.192. The molecular weight excluding hydrogens is 274 g/mol. The zero-order valence-electron chi connectivity index (χ0n) is 12.4. The maximum Gasteiger partial charge on any atom is 0.161 e. The van der Waals surface area contributed by atoms with Crippen LogP contribution in [0.4, 0.5) is 0 Å². The molecule has 1 heterocycles. The fourth-order valence-electron chi connectivity index (χ4n) is 2.50. The Labute approximate surface area is 125 Å². The van der Waals surface area contributed by atoms with E-state index >= 15 is 0 Å². The number of ether oxygens (including phenoxy) is 3. The molecule has 1 aliphatic heterocycles. The molecule has 110 valence electrons. The van der Waals surface area contributed by atoms with Gasteiger partial charge in [-0.3, -0.25) is 0 Å². The first-order chi connectivity index (χ1) is 9.55. The second-order valence-electron chi connectivity index (χ2n) is 5.04. The first-order valence-corrected chi connectivity index (χ1v) is 7.12. The number of nitrogens with zero attached hydrogens (tertiary/aromatic N) is 1. The van der Waals surface area contributed by atoms with E-state index < -0.39 is 0 Å². The summed E-state index contributed by atoms with van der Waals surface area (Å²) in [6.07, 6.45) is 0.383. The molecular formula is C15H21NO3S. The molecule has 0 saturated carbocycles. The first kappa shape index (κ1) is 15.1. The minimum Gasteiger partial charge on any atom is -0.493 e. The number of benzene rings is 1. The van der Waals surface area contributed by atoms with Crippen molar-refractivity contribution in [3.8, 4) is 11.5 Å². The number of hydrogen-bond acceptors (Lipinski definition) is 4. The number of thiocarbonyl (C=S) groups is 1. The maximum atomic E-state index is 5.74. The van der Waals surface area contributed by atoms with E-state index in [9.17, 15) is 0 Å². The lowest BCUT2D eigenvalue weighted by Gasteiger charge is -2.37. The average molecular weight is 295 g/mol. The molecule has 0 bridgehead atoms. The minimum atomic E-state index is 0.192. The highest BCUT2D eigenvalue weighted by atomic mass is 32.1. The van der Waals surface area contributed by atoms with E-state index in [2.05, 4.69) is 18.7 Å². The molecule has 5 heteroatoms. The van der Waals surface area contributed by atoms with Crippen LogP contribution in [0.5, 0.6) is 11.5 Å². The molecule has 0 aliphatic carbocycles. The van der Waals surface area contributed by atoms with Gasteiger partial charge in [-0.15, -0.1) is 0 Å². The van der Waals surface area contributed by atoms with E-state index in [0.29, 0.717) is 11.5 Å². The Balaban J connectivity index is 2.20. The van der Waals surface area contributed by atoms with Gasteiger partial charge >= 0.3 is 0 Å². The molecule has 2 atom stereocenters. The van der Waals surface area contributed by atoms with Crippen LogP contribution >= 0.6 is 12.2 Å². The van der Waals surface area contributed by atoms with Crippen LogP contribution in [0.15, 0.2) is 18.2 Å². The van der Waals surface area contributed by atoms with Crippen molar-refractivity contribution in [2.24, 2.45) is 0 Å². The fraction of sp³-hybridized carbons (Fsp3) is 0.533. The van der Waals surface area contributed by atoms with Gasteiger partial charge in [-0.05, 0) is 32.0 Å². The smallest absolute Gasteiger partial charge is 0.161 e. The van der Waals surface area contributed by atoms with Crippen molar-refractivity contribution in [2.75, 3.05) is 27.3 Å². The normalized spacial score (nSPS) is 22.5. The molecule has 1 aromatic carbocycles. The van der Waals surface area contributed by atoms with Gasteiger partial charge in [0.25, 0.3) is 0 Å². The van der Waals surface area contributed by atoms with E-state index in [1.807, 2.05) is 18.2 Å². The topological polar surface area (TPSA) is 30.9 Å². The van der Waals surface area contributed by atoms with Crippen LogP contribution in [0.1, 0.15) is 19.4 Å². The quantitative estimate of drug-likeness (QED) is 0.800. The maximum absolute atomic E-state index is 5.74. The Hall–Kier alpha value is -1.33. The molecule has 2 unspecified atom stereocenters. The highest BCUT2D eigenvalue weighted by molar-refractivity contribution is 7.80. The average Bonchev–Trinajstić information content (AvgIpc) is 2.44. The molecule has 1 aliphatic rings. The highest BCUT2D eigenvalue weighted by Crippen LogP contribution is 2.28. The molecule has 2 rings (SSSR count). The third-order valence-corrected chi connectivity index (χ3v) is 3.83. The van der Waals surface area contributed by atoms with Crippen molar-refractivity contribution in [2.45, 2.75) is 26.1 Å². The zero-order valence-corrected chi connectivity index (χ0v) is 13.2. The van der Waals surface area contributed by atoms with Crippen molar-refractivity contribution in [3.05, 3.63) is 23.8 Å². The molecule has 0 spiro atoms. The van der Waals surface area contributed by atoms with E-state index in [0.717, 1.165) is 23.6 Å². The Morgan fingerprint density at radius 1 is 1.15 bits per heavy atom. The predicted octanol–water partition coefficient (Wildman–Crippen LogP) is 2.49. The molecule has 4 nitrogen and oxygen atoms in total. The van der Waals surface area contributed by atoms with Crippen LogP contribution in [0.25, 0.3) is 0 Å². The summed E-state index contributed by atoms with van der Waals surface area (Å²) in [6.45, 7) is 5.77. The SMILES string of the molecule is COc1ccc(C(=S)N2CC(C)OC(C)C2)cc1OC. The van der Waals surface area contributed by atoms with E-state index in [-0.39, 0.29) is 12.2 Å². The second-order valence-corrected chi connectivity index (χ2v) is 5.42. The Bertz CT molecular complexity index is 482. The van der Waals surface area contributed by atoms with Gasteiger partial charge in [0.1, 0.15) is 4.99 Å². The predicted molar refractivity (Wildman–Crippen MR) is 82.8 cm³/mol. The number of rotatable bonds is 3. The zero-order chi connectivity index (χ0) is 14.7. The van der Waals surface area contributed by atoms with Crippen molar-refractivity contribution in [1.82, 2.24) is 4.90 Å². The molecule has 20 heavy (non-hydrogen) atoms. The summed E-state index contributed by atoms with van der Waals surface area (Å²) in [5.74, 6) is 1.41. The molecule has 1 aromatic rings. The second kappa shape index (κ2) is 6.41. The van der Waals surface area contributed by atoms with Crippen molar-refractivity contribution >= 4 is 17.2 Å². The van der Waals surface area contributed by atoms with Crippen molar-refractivity contribution in [1.29, 1.82) is 0 Å². The summed E-state index contributed by atoms with van der Waals surface area (Å²) in [5, 5.41) is 0. The third kappa shape index (κ3) is 3.22. The van der Waals surface area contributed by atoms with Crippen LogP contribution in [0.2, 0.25) is 0 Å². The first-order valence-electron chi connectivity index (χ1n) is 6.72. The van der Waals surface area contributed by atoms with Crippen LogP contribution in [0.3, 0.4) is 0 Å². The van der Waals surface area contributed by atoms with Crippen LogP contribution in [-0.2, 0) is 4.74 Å². The monoisotopic (exact) mass is 295 g/mol. The van der Waals surface area contributed by atoms with Crippen LogP contribution < -0.4 is 9.47 Å². The van der Waals surface area contributed by atoms with Gasteiger partial charge in [0.2, 0.25) is 0 Å². The van der Waals surface area contributed by atoms with Gasteiger partial charge < -0.3 is 19.1 Å². The highest BCUT2D eigenvalue weighted by Gasteiger charge is 2.24. The van der Waals surface area contributed by atoms with Crippen LogP contribution in [0, 0.1) is 0 Å². The molecule has 1 fully saturated rings. The Morgan fingerprint density at radius 2 is 1.75 bits per heavy atom. The Morgan fingerprint density at radius 3 is 2.30 bits per heavy atom. The van der Waals surface area contributed by atoms with E-state index in [1.165, 1.54) is 0 Å². The van der Waals surface area contributed by atoms with Gasteiger partial charge in [0.15, 0.2) is 11.5 Å². The van der Waals surface area contributed by atoms with Crippen molar-refractivity contribution < 1.29 is 14.2 Å². The number of hydrogen-bond donors (Lipinski definition) is 0. The van der Waals surface area contributed by atoms with Gasteiger partial charge in [0, 0.05) is 18.7 Å². The lowest BCUT2D eigenvalue weighted by Crippen LogP contribution is -2.47. The molecule has 0 N–H and O–H groups in total. The number of morpholine rings is 1. The van der Waals surface area contributed by atoms with Gasteiger partial charge in [-0.1, -0.05) is 12.2 Å². The van der Waals surface area contributed by atoms with Crippen LogP contribution in [-0.4, -0.2) is 49.4 Å². The number of methoxy groups -OCH3 is 2. The fourth-order valence-corrected chi connectivity index (χ4v) is 2.77. The molecule has 1 saturated heterocycles. The van der Waals surface area contributed by atoms with Gasteiger partial charge in [0.05, 0.1) is 26.4 Å². The van der Waals surface area contributed by atoms with Gasteiger partial charge in [-0.2, -0.15) is 0 Å². The standard InChI is InChI=1S/C15H21NO3S/c1-10-8-16(9-11(2)19-10)15(20)12-5-6-13(17-3)14(7-12)18-4/h5-7,10-11H,8-9H2,1-4H3. The van der Waals surface area contributed by atoms with E-state index in [1.54, 1.807) is 14.2 Å². The molecule has 0 radical (unpaired) electrons. The summed E-state index contributed by atoms with van der Waals surface area (Å²) in [4.78, 5) is 3.02. The summed E-state index contributed by atoms with van der Waals surface area (Å²) in [6, 6.07) is 5.77. The molecule has 0 amide bonds. The summed E-state index contributed by atoms with van der Waals surface area (Å²) < 4.78 is 16.3. The summed E-state index contributed by atoms with van der Waals surface area (Å²) in [7, 11) is 3.25. The Kier molecular flexibility index (Phi) is 4.83. The third-order valence-electron chi connectivity index (χ3n) is 3.34. The van der Waals surface area contributed by atoms with Gasteiger partial charge in [-0.25, -0.2) is 0 Å². The lowest BCUT2D eigenvalue weighted by molar-refractivity contribution is -0.0472. The lowest BCUT2D eigenvalue weighted by atomic mass is 10.1. The largest absolute Gasteiger partial charge is 0.493 e. The molecule has 0 aromatic heterocycles. The van der Waals surface area contributed by atoms with Crippen molar-refractivity contribution in [3.63, 3.8) is 0 Å². The van der Waals surface area contributed by atoms with E-state index in [4.69, 9.17) is 26.4 Å².